The number of alkyl halides is 2. The monoisotopic (exact) mass is 849 g/mol. The predicted molar refractivity (Wildman–Crippen MR) is 215 cm³/mol. The molecule has 5 aliphatic heterocycles. The molecule has 8 heterocycles. The van der Waals surface area contributed by atoms with Crippen LogP contribution < -0.4 is 20.4 Å². The van der Waals surface area contributed by atoms with Crippen molar-refractivity contribution in [1.29, 1.82) is 0 Å². The van der Waals surface area contributed by atoms with Gasteiger partial charge in [0.15, 0.2) is 11.3 Å². The molecule has 60 heavy (non-hydrogen) atoms. The lowest BCUT2D eigenvalue weighted by Crippen LogP contribution is -2.49. The number of carbonyl (C=O) groups excluding carboxylic acids is 4. The number of nitrogens with one attached hydrogen (secondary N) is 2. The van der Waals surface area contributed by atoms with Gasteiger partial charge in [0.05, 0.1) is 54.0 Å². The third kappa shape index (κ3) is 8.27. The number of anilines is 3. The first-order valence-electron chi connectivity index (χ1n) is 20.5. The van der Waals surface area contributed by atoms with Gasteiger partial charge in [0.2, 0.25) is 5.91 Å². The van der Waals surface area contributed by atoms with E-state index in [0.29, 0.717) is 73.6 Å². The van der Waals surface area contributed by atoms with Crippen molar-refractivity contribution in [3.8, 4) is 0 Å². The third-order valence-corrected chi connectivity index (χ3v) is 12.6. The Morgan fingerprint density at radius 3 is 2.60 bits per heavy atom. The number of hydrogen-bond acceptors (Lipinski definition) is 11. The number of nitrogens with zero attached hydrogens (tertiary/aromatic N) is 9. The number of likely N-dealkylation sites (tertiary alicyclic amines) is 2. The van der Waals surface area contributed by atoms with Crippen LogP contribution >= 0.6 is 11.6 Å². The molecule has 2 atom stereocenters. The van der Waals surface area contributed by atoms with E-state index in [1.54, 1.807) is 34.0 Å². The van der Waals surface area contributed by atoms with Gasteiger partial charge in [-0.1, -0.05) is 11.6 Å². The average molecular weight is 850 g/mol. The van der Waals surface area contributed by atoms with E-state index in [4.69, 9.17) is 26.1 Å². The Morgan fingerprint density at radius 1 is 1.05 bits per heavy atom. The molecule has 2 bridgehead atoms. The van der Waals surface area contributed by atoms with E-state index < -0.39 is 24.1 Å². The molecule has 5 aliphatic rings. The van der Waals surface area contributed by atoms with Crippen molar-refractivity contribution in [2.45, 2.75) is 63.1 Å². The maximum Gasteiger partial charge on any atom is 0.328 e. The van der Waals surface area contributed by atoms with Crippen LogP contribution in [0.4, 0.5) is 30.8 Å². The van der Waals surface area contributed by atoms with Gasteiger partial charge in [-0.15, -0.1) is 0 Å². The minimum Gasteiger partial charge on any atom is -0.380 e. The van der Waals surface area contributed by atoms with E-state index in [1.807, 2.05) is 6.07 Å². The Morgan fingerprint density at radius 2 is 1.87 bits per heavy atom. The maximum atomic E-state index is 14.2. The standard InChI is InChI=1S/C40H46ClF2N11O6/c41-30-2-1-25(17-32(30)51-13-8-34(55)47-40(51)58)39(57)50-11-3-24(4-12-50)22-59-16-15-49-9-5-26(6-10-49)54-21-31(35(48-54)36(42)43)45-38(56)29-19-44-53-14-7-33(46-37(29)53)52-20-28-18-27(52)23-60-28/h1-2,7,14,17,19,21,24,26-28,36H,3-6,8-13,15-16,18,20,22-23H2,(H,45,56)(H,47,55,58)/t27-,28-/m1/s1. The molecule has 17 nitrogen and oxygen atoms in total. The summed E-state index contributed by atoms with van der Waals surface area (Å²) < 4.78 is 43.3. The fourth-order valence-electron chi connectivity index (χ4n) is 8.88. The number of morpholine rings is 1. The summed E-state index contributed by atoms with van der Waals surface area (Å²) in [5, 5.41) is 13.8. The van der Waals surface area contributed by atoms with Crippen molar-refractivity contribution in [2.75, 3.05) is 80.8 Å². The molecule has 0 radical (unpaired) electrons. The summed E-state index contributed by atoms with van der Waals surface area (Å²) in [6.07, 6.45) is 6.03. The van der Waals surface area contributed by atoms with E-state index in [1.165, 1.54) is 21.8 Å². The molecule has 5 fully saturated rings. The van der Waals surface area contributed by atoms with Crippen molar-refractivity contribution in [3.63, 3.8) is 0 Å². The number of amides is 5. The quantitative estimate of drug-likeness (QED) is 0.194. The molecule has 5 amide bonds. The fraction of sp³-hybridized carbons (Fsp3) is 0.525. The zero-order chi connectivity index (χ0) is 41.5. The first-order valence-corrected chi connectivity index (χ1v) is 20.9. The first-order chi connectivity index (χ1) is 29.1. The van der Waals surface area contributed by atoms with E-state index in [9.17, 15) is 28.0 Å². The number of ether oxygens (including phenoxy) is 2. The maximum absolute atomic E-state index is 14.2. The fourth-order valence-corrected chi connectivity index (χ4v) is 9.10. The van der Waals surface area contributed by atoms with Crippen LogP contribution in [-0.2, 0) is 14.3 Å². The summed E-state index contributed by atoms with van der Waals surface area (Å²) in [5.41, 5.74) is 0.829. The van der Waals surface area contributed by atoms with Crippen LogP contribution in [0.1, 0.15) is 77.4 Å². The van der Waals surface area contributed by atoms with E-state index >= 15 is 0 Å². The Labute approximate surface area is 348 Å². The molecule has 0 unspecified atom stereocenters. The van der Waals surface area contributed by atoms with Gasteiger partial charge in [-0.3, -0.25) is 29.3 Å². The van der Waals surface area contributed by atoms with Gasteiger partial charge < -0.3 is 29.5 Å². The van der Waals surface area contributed by atoms with Crippen LogP contribution in [0.25, 0.3) is 5.65 Å². The molecule has 3 aromatic heterocycles. The van der Waals surface area contributed by atoms with Crippen molar-refractivity contribution in [2.24, 2.45) is 5.92 Å². The summed E-state index contributed by atoms with van der Waals surface area (Å²) in [4.78, 5) is 63.2. The number of halogens is 3. The molecule has 4 aromatic rings. The molecule has 1 aromatic carbocycles. The molecule has 0 aliphatic carbocycles. The number of rotatable bonds is 12. The zero-order valence-electron chi connectivity index (χ0n) is 32.9. The summed E-state index contributed by atoms with van der Waals surface area (Å²) in [6.45, 7) is 6.08. The van der Waals surface area contributed by atoms with Gasteiger partial charge in [-0.25, -0.2) is 23.1 Å². The summed E-state index contributed by atoms with van der Waals surface area (Å²) >= 11 is 6.37. The summed E-state index contributed by atoms with van der Waals surface area (Å²) in [5.74, 6) is -0.0360. The van der Waals surface area contributed by atoms with E-state index in [0.717, 1.165) is 51.3 Å². The number of piperidine rings is 2. The normalized spacial score (nSPS) is 21.8. The SMILES string of the molecule is O=C1CCN(c2cc(C(=O)N3CCC(COCCN4CCC(n5cc(NC(=O)c6cnn7ccc(N8C[C@H]9C[C@@H]8CO9)nc67)c(C(F)F)n5)CC4)CC3)ccc2Cl)C(=O)N1. The lowest BCUT2D eigenvalue weighted by molar-refractivity contribution is -0.120. The highest BCUT2D eigenvalue weighted by atomic mass is 35.5. The zero-order valence-corrected chi connectivity index (χ0v) is 33.6. The number of imide groups is 1. The highest BCUT2D eigenvalue weighted by Gasteiger charge is 2.40. The molecule has 318 valence electrons. The second-order valence-corrected chi connectivity index (χ2v) is 16.5. The predicted octanol–water partition coefficient (Wildman–Crippen LogP) is 4.40. The molecule has 20 heteroatoms. The minimum atomic E-state index is -2.88. The van der Waals surface area contributed by atoms with Crippen molar-refractivity contribution < 1.29 is 37.4 Å². The van der Waals surface area contributed by atoms with Crippen LogP contribution in [-0.4, -0.2) is 136 Å². The molecule has 0 saturated carbocycles. The summed E-state index contributed by atoms with van der Waals surface area (Å²) in [7, 11) is 0. The Kier molecular flexibility index (Phi) is 11.4. The highest BCUT2D eigenvalue weighted by molar-refractivity contribution is 6.34. The largest absolute Gasteiger partial charge is 0.380 e. The third-order valence-electron chi connectivity index (χ3n) is 12.3. The Hall–Kier alpha value is -5.24. The highest BCUT2D eigenvalue weighted by Crippen LogP contribution is 2.34. The van der Waals surface area contributed by atoms with Gasteiger partial charge in [-0.2, -0.15) is 10.2 Å². The number of hydrogen-bond donors (Lipinski definition) is 2. The van der Waals surface area contributed by atoms with Crippen LogP contribution in [0.15, 0.2) is 42.9 Å². The topological polar surface area (TPSA) is 172 Å². The number of benzene rings is 1. The van der Waals surface area contributed by atoms with Gasteiger partial charge in [-0.05, 0) is 62.3 Å². The number of aromatic nitrogens is 5. The molecule has 0 spiro atoms. The number of fused-ring (bicyclic) bond motifs is 3. The lowest BCUT2D eigenvalue weighted by Gasteiger charge is -2.33. The smallest absolute Gasteiger partial charge is 0.328 e. The van der Waals surface area contributed by atoms with Gasteiger partial charge in [0, 0.05) is 76.8 Å². The molecular weight excluding hydrogens is 804 g/mol. The minimum absolute atomic E-state index is 0.0346. The van der Waals surface area contributed by atoms with Crippen LogP contribution in [0, 0.1) is 5.92 Å². The molecule has 2 N–H and O–H groups in total. The second-order valence-electron chi connectivity index (χ2n) is 16.1. The van der Waals surface area contributed by atoms with Crippen LogP contribution in [0.2, 0.25) is 5.02 Å². The summed E-state index contributed by atoms with van der Waals surface area (Å²) in [6, 6.07) is 6.28. The van der Waals surface area contributed by atoms with Gasteiger partial charge in [0.1, 0.15) is 11.4 Å². The van der Waals surface area contributed by atoms with E-state index in [-0.39, 0.29) is 54.2 Å². The molecule has 9 rings (SSSR count). The molecule has 5 saturated heterocycles. The Bertz CT molecular complexity index is 2270. The lowest BCUT2D eigenvalue weighted by atomic mass is 9.97. The molecular formula is C40H46ClF2N11O6. The van der Waals surface area contributed by atoms with Crippen molar-refractivity contribution in [3.05, 3.63) is 64.7 Å². The van der Waals surface area contributed by atoms with Crippen molar-refractivity contribution >= 4 is 58.2 Å². The van der Waals surface area contributed by atoms with Gasteiger partial charge >= 0.3 is 6.03 Å². The number of carbonyl (C=O) groups is 4. The average Bonchev–Trinajstić information content (AvgIpc) is 4.08. The van der Waals surface area contributed by atoms with Crippen LogP contribution in [0.5, 0.6) is 0 Å². The van der Waals surface area contributed by atoms with Gasteiger partial charge in [0.25, 0.3) is 18.2 Å². The second kappa shape index (κ2) is 17.0. The van der Waals surface area contributed by atoms with E-state index in [2.05, 4.69) is 30.6 Å². The van der Waals surface area contributed by atoms with Crippen LogP contribution in [0.3, 0.4) is 0 Å². The number of urea groups is 1. The first kappa shape index (κ1) is 40.2. The van der Waals surface area contributed by atoms with Crippen molar-refractivity contribution in [1.82, 2.24) is 39.5 Å². The Balaban J connectivity index is 0.720.